The minimum atomic E-state index is -0.978. The first-order valence-electron chi connectivity index (χ1n) is 4.62. The molecule has 2 aromatic rings. The highest BCUT2D eigenvalue weighted by atomic mass is 35.5. The van der Waals surface area contributed by atoms with E-state index < -0.39 is 12.0 Å². The molecule has 0 fully saturated rings. The van der Waals surface area contributed by atoms with Gasteiger partial charge >= 0.3 is 5.97 Å². The topological polar surface area (TPSA) is 75.4 Å². The summed E-state index contributed by atoms with van der Waals surface area (Å²) >= 11 is 5.89. The van der Waals surface area contributed by atoms with Crippen LogP contribution in [0.1, 0.15) is 6.92 Å². The van der Waals surface area contributed by atoms with Gasteiger partial charge in [0.1, 0.15) is 11.6 Å². The Morgan fingerprint density at radius 3 is 3.00 bits per heavy atom. The average Bonchev–Trinajstić information content (AvgIpc) is 2.61. The second-order valence-electron chi connectivity index (χ2n) is 3.31. The molecule has 0 saturated heterocycles. The molecule has 0 spiro atoms. The third-order valence-corrected chi connectivity index (χ3v) is 2.37. The smallest absolute Gasteiger partial charge is 0.325 e. The number of para-hydroxylation sites is 1. The van der Waals surface area contributed by atoms with Crippen molar-refractivity contribution in [3.63, 3.8) is 0 Å². The van der Waals surface area contributed by atoms with Crippen molar-refractivity contribution in [3.05, 3.63) is 23.2 Å². The molecule has 6 heteroatoms. The quantitative estimate of drug-likeness (QED) is 0.861. The largest absolute Gasteiger partial charge is 0.480 e. The van der Waals surface area contributed by atoms with E-state index >= 15 is 0 Å². The highest BCUT2D eigenvalue weighted by molar-refractivity contribution is 6.34. The number of oxazole rings is 1. The Labute approximate surface area is 96.0 Å². The van der Waals surface area contributed by atoms with Crippen molar-refractivity contribution in [2.45, 2.75) is 13.0 Å². The van der Waals surface area contributed by atoms with Crippen LogP contribution in [0.5, 0.6) is 0 Å². The van der Waals surface area contributed by atoms with E-state index in [0.717, 1.165) is 0 Å². The number of rotatable bonds is 3. The van der Waals surface area contributed by atoms with Gasteiger partial charge in [-0.3, -0.25) is 4.79 Å². The summed E-state index contributed by atoms with van der Waals surface area (Å²) in [6.45, 7) is 1.50. The maximum atomic E-state index is 10.6. The first-order valence-corrected chi connectivity index (χ1v) is 5.00. The molecule has 1 unspecified atom stereocenters. The number of carboxylic acid groups (broad SMARTS) is 1. The van der Waals surface area contributed by atoms with Crippen LogP contribution in [-0.2, 0) is 4.79 Å². The molecule has 0 amide bonds. The summed E-state index contributed by atoms with van der Waals surface area (Å²) in [5.74, 6) is -0.978. The summed E-state index contributed by atoms with van der Waals surface area (Å²) in [5, 5.41) is 11.8. The van der Waals surface area contributed by atoms with Crippen LogP contribution in [0.2, 0.25) is 5.02 Å². The van der Waals surface area contributed by atoms with Crippen molar-refractivity contribution < 1.29 is 14.3 Å². The first kappa shape index (κ1) is 10.8. The molecular weight excluding hydrogens is 232 g/mol. The Bertz CT molecular complexity index is 538. The Morgan fingerprint density at radius 2 is 2.38 bits per heavy atom. The zero-order chi connectivity index (χ0) is 11.7. The number of fused-ring (bicyclic) bond motifs is 1. The van der Waals surface area contributed by atoms with Crippen LogP contribution in [0.25, 0.3) is 11.1 Å². The van der Waals surface area contributed by atoms with Crippen LogP contribution in [0, 0.1) is 0 Å². The average molecular weight is 241 g/mol. The van der Waals surface area contributed by atoms with E-state index in [1.807, 2.05) is 0 Å². The van der Waals surface area contributed by atoms with Gasteiger partial charge in [-0.2, -0.15) is 4.98 Å². The molecule has 0 aliphatic rings. The molecule has 0 saturated carbocycles. The molecule has 0 aliphatic heterocycles. The van der Waals surface area contributed by atoms with Gasteiger partial charge < -0.3 is 14.8 Å². The summed E-state index contributed by atoms with van der Waals surface area (Å²) in [7, 11) is 0. The summed E-state index contributed by atoms with van der Waals surface area (Å²) in [4.78, 5) is 14.7. The Morgan fingerprint density at radius 1 is 1.62 bits per heavy atom. The number of benzene rings is 1. The van der Waals surface area contributed by atoms with Gasteiger partial charge in [-0.25, -0.2) is 0 Å². The predicted molar refractivity (Wildman–Crippen MR) is 59.7 cm³/mol. The molecule has 1 aromatic carbocycles. The van der Waals surface area contributed by atoms with Crippen LogP contribution in [0.15, 0.2) is 22.6 Å². The molecule has 1 heterocycles. The van der Waals surface area contributed by atoms with Crippen molar-refractivity contribution in [1.82, 2.24) is 4.98 Å². The molecule has 5 nitrogen and oxygen atoms in total. The molecule has 84 valence electrons. The van der Waals surface area contributed by atoms with Gasteiger partial charge in [0.25, 0.3) is 6.01 Å². The van der Waals surface area contributed by atoms with Crippen LogP contribution in [0.4, 0.5) is 6.01 Å². The van der Waals surface area contributed by atoms with E-state index in [1.54, 1.807) is 18.2 Å². The lowest BCUT2D eigenvalue weighted by Gasteiger charge is -2.04. The zero-order valence-corrected chi connectivity index (χ0v) is 9.15. The van der Waals surface area contributed by atoms with E-state index in [9.17, 15) is 4.79 Å². The van der Waals surface area contributed by atoms with Crippen LogP contribution < -0.4 is 5.32 Å². The summed E-state index contributed by atoms with van der Waals surface area (Å²) < 4.78 is 5.30. The summed E-state index contributed by atoms with van der Waals surface area (Å²) in [5.41, 5.74) is 1.04. The van der Waals surface area contributed by atoms with Crippen LogP contribution >= 0.6 is 11.6 Å². The standard InChI is InChI=1S/C10H9ClN2O3/c1-5(9(14)15)12-10-13-7-4-2-3-6(11)8(7)16-10/h2-5H,1H3,(H,12,13)(H,14,15). The number of aliphatic carboxylic acids is 1. The van der Waals surface area contributed by atoms with Crippen LogP contribution in [-0.4, -0.2) is 22.1 Å². The van der Waals surface area contributed by atoms with Crippen molar-refractivity contribution in [1.29, 1.82) is 0 Å². The molecule has 2 N–H and O–H groups in total. The van der Waals surface area contributed by atoms with Gasteiger partial charge in [0.05, 0.1) is 5.02 Å². The fraction of sp³-hybridized carbons (Fsp3) is 0.200. The number of carboxylic acids is 1. The highest BCUT2D eigenvalue weighted by Gasteiger charge is 2.14. The third-order valence-electron chi connectivity index (χ3n) is 2.08. The van der Waals surface area contributed by atoms with Gasteiger partial charge in [-0.05, 0) is 19.1 Å². The minimum absolute atomic E-state index is 0.151. The van der Waals surface area contributed by atoms with Crippen molar-refractivity contribution >= 4 is 34.7 Å². The number of aromatic nitrogens is 1. The lowest BCUT2D eigenvalue weighted by molar-refractivity contribution is -0.137. The normalized spacial score (nSPS) is 12.6. The van der Waals surface area contributed by atoms with Crippen LogP contribution in [0.3, 0.4) is 0 Å². The monoisotopic (exact) mass is 240 g/mol. The summed E-state index contributed by atoms with van der Waals surface area (Å²) in [6, 6.07) is 4.54. The predicted octanol–water partition coefficient (Wildman–Crippen LogP) is 2.37. The summed E-state index contributed by atoms with van der Waals surface area (Å²) in [6.07, 6.45) is 0. The number of anilines is 1. The Hall–Kier alpha value is -1.75. The molecule has 0 aliphatic carbocycles. The van der Waals surface area contributed by atoms with Gasteiger partial charge in [-0.15, -0.1) is 0 Å². The van der Waals surface area contributed by atoms with Gasteiger partial charge in [0.15, 0.2) is 5.58 Å². The SMILES string of the molecule is CC(Nc1nc2cccc(Cl)c2o1)C(=O)O. The molecule has 0 bridgehead atoms. The third kappa shape index (κ3) is 1.94. The highest BCUT2D eigenvalue weighted by Crippen LogP contribution is 2.26. The molecule has 2 rings (SSSR count). The molecule has 1 atom stereocenters. The van der Waals surface area contributed by atoms with E-state index in [0.29, 0.717) is 16.1 Å². The molecule has 1 aromatic heterocycles. The fourth-order valence-corrected chi connectivity index (χ4v) is 1.43. The van der Waals surface area contributed by atoms with E-state index in [1.165, 1.54) is 6.92 Å². The number of halogens is 1. The molecular formula is C10H9ClN2O3. The maximum absolute atomic E-state index is 10.6. The van der Waals surface area contributed by atoms with E-state index in [4.69, 9.17) is 21.1 Å². The van der Waals surface area contributed by atoms with Gasteiger partial charge in [0.2, 0.25) is 0 Å². The number of hydrogen-bond donors (Lipinski definition) is 2. The minimum Gasteiger partial charge on any atom is -0.480 e. The van der Waals surface area contributed by atoms with Gasteiger partial charge in [-0.1, -0.05) is 17.7 Å². The molecule has 16 heavy (non-hydrogen) atoms. The van der Waals surface area contributed by atoms with Crippen molar-refractivity contribution in [3.8, 4) is 0 Å². The number of carbonyl (C=O) groups is 1. The number of hydrogen-bond acceptors (Lipinski definition) is 4. The number of nitrogens with one attached hydrogen (secondary N) is 1. The van der Waals surface area contributed by atoms with E-state index in [2.05, 4.69) is 10.3 Å². The lowest BCUT2D eigenvalue weighted by atomic mass is 10.3. The molecule has 0 radical (unpaired) electrons. The van der Waals surface area contributed by atoms with Crippen molar-refractivity contribution in [2.24, 2.45) is 0 Å². The van der Waals surface area contributed by atoms with E-state index in [-0.39, 0.29) is 6.01 Å². The number of nitrogens with zero attached hydrogens (tertiary/aromatic N) is 1. The van der Waals surface area contributed by atoms with Gasteiger partial charge in [0, 0.05) is 0 Å². The maximum Gasteiger partial charge on any atom is 0.325 e. The second kappa shape index (κ2) is 4.02. The first-order chi connectivity index (χ1) is 7.58. The Balaban J connectivity index is 2.33. The lowest BCUT2D eigenvalue weighted by Crippen LogP contribution is -2.25. The fourth-order valence-electron chi connectivity index (χ4n) is 1.22. The Kier molecular flexibility index (Phi) is 2.70. The second-order valence-corrected chi connectivity index (χ2v) is 3.72. The van der Waals surface area contributed by atoms with Crippen molar-refractivity contribution in [2.75, 3.05) is 5.32 Å². The zero-order valence-electron chi connectivity index (χ0n) is 8.40.